The summed E-state index contributed by atoms with van der Waals surface area (Å²) in [5.41, 5.74) is -0.607. The van der Waals surface area contributed by atoms with Gasteiger partial charge in [-0.25, -0.2) is 4.79 Å². The first kappa shape index (κ1) is 20.5. The topological polar surface area (TPSA) is 87.7 Å². The molecule has 3 unspecified atom stereocenters. The molecule has 1 aliphatic carbocycles. The highest BCUT2D eigenvalue weighted by Gasteiger charge is 2.40. The minimum atomic E-state index is -0.607. The predicted molar refractivity (Wildman–Crippen MR) is 98.5 cm³/mol. The molecule has 2 rings (SSSR count). The number of nitrogens with one attached hydrogen (secondary N) is 2. The van der Waals surface area contributed by atoms with Gasteiger partial charge in [-0.1, -0.05) is 19.3 Å². The van der Waals surface area contributed by atoms with E-state index in [0.29, 0.717) is 13.0 Å². The number of alkyl carbamates (subject to hydrolysis) is 1. The monoisotopic (exact) mass is 367 g/mol. The van der Waals surface area contributed by atoms with Crippen molar-refractivity contribution in [3.05, 3.63) is 0 Å². The maximum absolute atomic E-state index is 13.2. The Labute approximate surface area is 156 Å². The number of rotatable bonds is 5. The Morgan fingerprint density at radius 1 is 1.19 bits per heavy atom. The van der Waals surface area contributed by atoms with Gasteiger partial charge in [-0.2, -0.15) is 0 Å². The van der Waals surface area contributed by atoms with Gasteiger partial charge < -0.3 is 20.3 Å². The Morgan fingerprint density at radius 2 is 1.85 bits per heavy atom. The highest BCUT2D eigenvalue weighted by atomic mass is 16.6. The molecule has 0 spiro atoms. The first-order chi connectivity index (χ1) is 12.2. The van der Waals surface area contributed by atoms with Gasteiger partial charge in [0.15, 0.2) is 0 Å². The van der Waals surface area contributed by atoms with E-state index in [1.807, 2.05) is 27.7 Å². The lowest BCUT2D eigenvalue weighted by molar-refractivity contribution is -0.136. The number of carbonyl (C=O) groups is 3. The molecule has 7 nitrogen and oxygen atoms in total. The second-order valence-corrected chi connectivity index (χ2v) is 8.58. The molecule has 2 N–H and O–H groups in total. The Balaban J connectivity index is 2.10. The molecule has 0 bridgehead atoms. The van der Waals surface area contributed by atoms with E-state index in [9.17, 15) is 14.4 Å². The molecule has 0 aromatic carbocycles. The molecule has 3 atom stereocenters. The minimum absolute atomic E-state index is 0.0278. The van der Waals surface area contributed by atoms with E-state index in [0.717, 1.165) is 32.1 Å². The van der Waals surface area contributed by atoms with Gasteiger partial charge >= 0.3 is 6.09 Å². The number of carbonyl (C=O) groups excluding carboxylic acids is 3. The molecule has 0 aromatic heterocycles. The van der Waals surface area contributed by atoms with Gasteiger partial charge in [0, 0.05) is 18.6 Å². The average molecular weight is 367 g/mol. The van der Waals surface area contributed by atoms with Crippen molar-refractivity contribution in [3.63, 3.8) is 0 Å². The van der Waals surface area contributed by atoms with Crippen LogP contribution in [0.1, 0.15) is 66.2 Å². The number of hydrogen-bond donors (Lipinski definition) is 2. The molecular formula is C19H33N3O4. The van der Waals surface area contributed by atoms with Crippen molar-refractivity contribution in [2.24, 2.45) is 5.92 Å². The molecule has 0 radical (unpaired) electrons. The fraction of sp³-hybridized carbons (Fsp3) is 0.842. The first-order valence-electron chi connectivity index (χ1n) is 9.71. The Hall–Kier alpha value is -1.79. The summed E-state index contributed by atoms with van der Waals surface area (Å²) in [7, 11) is 0. The van der Waals surface area contributed by atoms with Crippen LogP contribution in [0.25, 0.3) is 0 Å². The largest absolute Gasteiger partial charge is 0.444 e. The van der Waals surface area contributed by atoms with Crippen molar-refractivity contribution in [1.29, 1.82) is 0 Å². The molecule has 3 amide bonds. The number of likely N-dealkylation sites (tertiary alicyclic amines) is 1. The molecule has 0 aromatic rings. The standard InChI is InChI=1S/C19H33N3O4/c1-13-10-15(20-12-23)11-22(13)17(24)16(14-8-6-5-7-9-14)21-18(25)26-19(2,3)4/h12-16H,5-11H2,1-4H3,(H,20,23)(H,21,25). The van der Waals surface area contributed by atoms with E-state index < -0.39 is 17.7 Å². The molecule has 2 fully saturated rings. The van der Waals surface area contributed by atoms with Crippen LogP contribution in [-0.4, -0.2) is 53.6 Å². The SMILES string of the molecule is CC1CC(NC=O)CN1C(=O)C(NC(=O)OC(C)(C)C)C1CCCCC1. The van der Waals surface area contributed by atoms with E-state index >= 15 is 0 Å². The van der Waals surface area contributed by atoms with Gasteiger partial charge in [-0.15, -0.1) is 0 Å². The lowest BCUT2D eigenvalue weighted by Gasteiger charge is -2.34. The van der Waals surface area contributed by atoms with E-state index in [2.05, 4.69) is 10.6 Å². The summed E-state index contributed by atoms with van der Waals surface area (Å²) in [5, 5.41) is 5.61. The quantitative estimate of drug-likeness (QED) is 0.729. The third-order valence-electron chi connectivity index (χ3n) is 5.22. The number of amides is 3. The summed E-state index contributed by atoms with van der Waals surface area (Å²) in [4.78, 5) is 38.1. The Kier molecular flexibility index (Phi) is 6.89. The predicted octanol–water partition coefficient (Wildman–Crippen LogP) is 2.20. The lowest BCUT2D eigenvalue weighted by Crippen LogP contribution is -2.54. The third kappa shape index (κ3) is 5.61. The van der Waals surface area contributed by atoms with Gasteiger partial charge in [0.2, 0.25) is 12.3 Å². The average Bonchev–Trinajstić information content (AvgIpc) is 2.92. The second kappa shape index (κ2) is 8.73. The van der Waals surface area contributed by atoms with Crippen LogP contribution in [0.2, 0.25) is 0 Å². The first-order valence-corrected chi connectivity index (χ1v) is 9.71. The van der Waals surface area contributed by atoms with E-state index in [1.54, 1.807) is 4.90 Å². The van der Waals surface area contributed by atoms with Crippen molar-refractivity contribution < 1.29 is 19.1 Å². The van der Waals surface area contributed by atoms with Gasteiger partial charge in [-0.05, 0) is 52.9 Å². The van der Waals surface area contributed by atoms with E-state index in [1.165, 1.54) is 6.42 Å². The highest BCUT2D eigenvalue weighted by molar-refractivity contribution is 5.86. The molecule has 1 saturated heterocycles. The zero-order valence-electron chi connectivity index (χ0n) is 16.4. The van der Waals surface area contributed by atoms with Crippen molar-refractivity contribution in [3.8, 4) is 0 Å². The number of nitrogens with zero attached hydrogens (tertiary/aromatic N) is 1. The van der Waals surface area contributed by atoms with E-state index in [-0.39, 0.29) is 23.9 Å². The summed E-state index contributed by atoms with van der Waals surface area (Å²) in [5.74, 6) is 0.0690. The molecule has 2 aliphatic rings. The van der Waals surface area contributed by atoms with Crippen LogP contribution >= 0.6 is 0 Å². The Morgan fingerprint density at radius 3 is 2.42 bits per heavy atom. The van der Waals surface area contributed by atoms with Crippen LogP contribution in [0, 0.1) is 5.92 Å². The zero-order chi connectivity index (χ0) is 19.3. The molecule has 148 valence electrons. The smallest absolute Gasteiger partial charge is 0.408 e. The number of hydrogen-bond acceptors (Lipinski definition) is 4. The van der Waals surface area contributed by atoms with Crippen LogP contribution < -0.4 is 10.6 Å². The maximum atomic E-state index is 13.2. The van der Waals surface area contributed by atoms with Gasteiger partial charge in [0.25, 0.3) is 0 Å². The van der Waals surface area contributed by atoms with Gasteiger partial charge in [0.1, 0.15) is 11.6 Å². The van der Waals surface area contributed by atoms with Crippen LogP contribution in [-0.2, 0) is 14.3 Å². The molecule has 1 saturated carbocycles. The van der Waals surface area contributed by atoms with Crippen molar-refractivity contribution in [1.82, 2.24) is 15.5 Å². The van der Waals surface area contributed by atoms with Crippen LogP contribution in [0.5, 0.6) is 0 Å². The Bertz CT molecular complexity index is 511. The summed E-state index contributed by atoms with van der Waals surface area (Å²) in [6.07, 6.45) is 6.07. The van der Waals surface area contributed by atoms with Crippen molar-refractivity contribution in [2.45, 2.75) is 89.9 Å². The fourth-order valence-electron chi connectivity index (χ4n) is 4.02. The van der Waals surface area contributed by atoms with Gasteiger partial charge in [-0.3, -0.25) is 9.59 Å². The minimum Gasteiger partial charge on any atom is -0.444 e. The van der Waals surface area contributed by atoms with Gasteiger partial charge in [0.05, 0.1) is 0 Å². The molecule has 26 heavy (non-hydrogen) atoms. The molecule has 1 aliphatic heterocycles. The summed E-state index contributed by atoms with van der Waals surface area (Å²) < 4.78 is 5.38. The third-order valence-corrected chi connectivity index (χ3v) is 5.22. The van der Waals surface area contributed by atoms with Crippen LogP contribution in [0.3, 0.4) is 0 Å². The summed E-state index contributed by atoms with van der Waals surface area (Å²) >= 11 is 0. The molecular weight excluding hydrogens is 334 g/mol. The lowest BCUT2D eigenvalue weighted by atomic mass is 9.83. The molecule has 1 heterocycles. The fourth-order valence-corrected chi connectivity index (χ4v) is 4.02. The zero-order valence-corrected chi connectivity index (χ0v) is 16.4. The highest BCUT2D eigenvalue weighted by Crippen LogP contribution is 2.29. The molecule has 7 heteroatoms. The van der Waals surface area contributed by atoms with E-state index in [4.69, 9.17) is 4.74 Å². The normalized spacial score (nSPS) is 25.5. The summed E-state index contributed by atoms with van der Waals surface area (Å²) in [6, 6.07) is -0.561. The van der Waals surface area contributed by atoms with Crippen molar-refractivity contribution >= 4 is 18.4 Å². The maximum Gasteiger partial charge on any atom is 0.408 e. The summed E-state index contributed by atoms with van der Waals surface area (Å²) in [6.45, 7) is 7.89. The van der Waals surface area contributed by atoms with Crippen LogP contribution in [0.4, 0.5) is 4.79 Å². The van der Waals surface area contributed by atoms with Crippen molar-refractivity contribution in [2.75, 3.05) is 6.54 Å². The van der Waals surface area contributed by atoms with Crippen LogP contribution in [0.15, 0.2) is 0 Å². The number of ether oxygens (including phenoxy) is 1. The second-order valence-electron chi connectivity index (χ2n) is 8.58.